The molecule has 0 aromatic heterocycles. The summed E-state index contributed by atoms with van der Waals surface area (Å²) in [6.07, 6.45) is 3.34. The van der Waals surface area contributed by atoms with Gasteiger partial charge in [0.1, 0.15) is 0 Å². The van der Waals surface area contributed by atoms with E-state index in [1.54, 1.807) is 19.1 Å². The van der Waals surface area contributed by atoms with Gasteiger partial charge in [0.25, 0.3) is 0 Å². The average Bonchev–Trinajstić information content (AvgIpc) is 2.15. The van der Waals surface area contributed by atoms with E-state index in [-0.39, 0.29) is 4.92 Å². The number of nitrogens with zero attached hydrogens (tertiary/aromatic N) is 1. The molecule has 68 valence electrons. The lowest BCUT2D eigenvalue weighted by molar-refractivity contribution is -0.504. The largest absolute Gasteiger partial charge is 0.264 e. The zero-order valence-electron chi connectivity index (χ0n) is 7.38. The second-order valence-corrected chi connectivity index (χ2v) is 2.80. The van der Waals surface area contributed by atoms with E-state index in [1.165, 1.54) is 0 Å². The maximum absolute atomic E-state index is 10.3. The minimum absolute atomic E-state index is 0.320. The van der Waals surface area contributed by atoms with E-state index in [1.807, 2.05) is 30.3 Å². The number of hydrogen-bond donors (Lipinski definition) is 0. The molecular formula is C10H11NO2. The third-order valence-electron chi connectivity index (χ3n) is 1.70. The van der Waals surface area contributed by atoms with Gasteiger partial charge in [0.05, 0.1) is 0 Å². The first-order valence-corrected chi connectivity index (χ1v) is 4.07. The van der Waals surface area contributed by atoms with Gasteiger partial charge in [0.15, 0.2) is 0 Å². The van der Waals surface area contributed by atoms with Crippen molar-refractivity contribution < 1.29 is 4.92 Å². The normalized spacial score (nSPS) is 13.0. The third-order valence-corrected chi connectivity index (χ3v) is 1.70. The van der Waals surface area contributed by atoms with Crippen LogP contribution in [0.15, 0.2) is 36.4 Å². The Kier molecular flexibility index (Phi) is 3.20. The predicted molar refractivity (Wildman–Crippen MR) is 51.9 cm³/mol. The smallest absolute Gasteiger partial charge is 0.228 e. The van der Waals surface area contributed by atoms with E-state index in [9.17, 15) is 10.1 Å². The fourth-order valence-electron chi connectivity index (χ4n) is 0.885. The van der Waals surface area contributed by atoms with Gasteiger partial charge in [-0.3, -0.25) is 10.1 Å². The summed E-state index contributed by atoms with van der Waals surface area (Å²) >= 11 is 0. The molecule has 0 heterocycles. The molecule has 0 radical (unpaired) electrons. The molecule has 1 aromatic rings. The summed E-state index contributed by atoms with van der Waals surface area (Å²) in [6.45, 7) is 1.56. The van der Waals surface area contributed by atoms with Crippen LogP contribution < -0.4 is 0 Å². The van der Waals surface area contributed by atoms with Crippen molar-refractivity contribution in [3.8, 4) is 0 Å². The Labute approximate surface area is 76.9 Å². The van der Waals surface area contributed by atoms with E-state index in [4.69, 9.17) is 0 Å². The molecule has 0 saturated heterocycles. The molecule has 3 nitrogen and oxygen atoms in total. The highest BCUT2D eigenvalue weighted by molar-refractivity contribution is 5.49. The summed E-state index contributed by atoms with van der Waals surface area (Å²) in [5.74, 6) is 0. The Bertz CT molecular complexity index is 306. The lowest BCUT2D eigenvalue weighted by Crippen LogP contribution is -2.10. The van der Waals surface area contributed by atoms with E-state index in [0.29, 0.717) is 0 Å². The lowest BCUT2D eigenvalue weighted by atomic mass is 10.2. The van der Waals surface area contributed by atoms with Crippen LogP contribution in [0, 0.1) is 10.1 Å². The Morgan fingerprint density at radius 1 is 1.38 bits per heavy atom. The van der Waals surface area contributed by atoms with Gasteiger partial charge in [0, 0.05) is 11.8 Å². The number of rotatable bonds is 3. The molecule has 0 aliphatic heterocycles. The molecule has 0 saturated carbocycles. The van der Waals surface area contributed by atoms with Crippen LogP contribution in [-0.4, -0.2) is 11.0 Å². The van der Waals surface area contributed by atoms with Crippen LogP contribution in [0.4, 0.5) is 0 Å². The fourth-order valence-corrected chi connectivity index (χ4v) is 0.885. The zero-order chi connectivity index (χ0) is 9.68. The molecular weight excluding hydrogens is 166 g/mol. The lowest BCUT2D eigenvalue weighted by Gasteiger charge is -1.95. The van der Waals surface area contributed by atoms with E-state index < -0.39 is 6.04 Å². The fraction of sp³-hybridized carbons (Fsp3) is 0.200. The number of hydrogen-bond acceptors (Lipinski definition) is 2. The SMILES string of the molecule is CC(C=Cc1ccccc1)[N+](=O)[O-]. The van der Waals surface area contributed by atoms with E-state index in [2.05, 4.69) is 0 Å². The maximum Gasteiger partial charge on any atom is 0.228 e. The van der Waals surface area contributed by atoms with E-state index in [0.717, 1.165) is 5.56 Å². The van der Waals surface area contributed by atoms with Crippen LogP contribution in [0.1, 0.15) is 12.5 Å². The Hall–Kier alpha value is -1.64. The molecule has 0 aliphatic carbocycles. The Morgan fingerprint density at radius 3 is 2.54 bits per heavy atom. The van der Waals surface area contributed by atoms with Gasteiger partial charge in [0.2, 0.25) is 6.04 Å². The molecule has 0 aliphatic rings. The third kappa shape index (κ3) is 3.07. The topological polar surface area (TPSA) is 43.1 Å². The zero-order valence-corrected chi connectivity index (χ0v) is 7.38. The van der Waals surface area contributed by atoms with Gasteiger partial charge in [-0.1, -0.05) is 36.4 Å². The molecule has 1 atom stereocenters. The summed E-state index contributed by atoms with van der Waals surface area (Å²) in [7, 11) is 0. The molecule has 0 spiro atoms. The molecule has 0 N–H and O–H groups in total. The van der Waals surface area contributed by atoms with Crippen molar-refractivity contribution in [2.75, 3.05) is 0 Å². The number of benzene rings is 1. The molecule has 13 heavy (non-hydrogen) atoms. The van der Waals surface area contributed by atoms with Crippen LogP contribution in [0.5, 0.6) is 0 Å². The highest BCUT2D eigenvalue weighted by atomic mass is 16.6. The van der Waals surface area contributed by atoms with Crippen molar-refractivity contribution in [2.45, 2.75) is 13.0 Å². The van der Waals surface area contributed by atoms with Crippen LogP contribution in [-0.2, 0) is 0 Å². The minimum Gasteiger partial charge on any atom is -0.264 e. The maximum atomic E-state index is 10.3. The molecule has 1 unspecified atom stereocenters. The second-order valence-electron chi connectivity index (χ2n) is 2.80. The monoisotopic (exact) mass is 177 g/mol. The minimum atomic E-state index is -0.625. The van der Waals surface area contributed by atoms with Gasteiger partial charge in [-0.15, -0.1) is 0 Å². The van der Waals surface area contributed by atoms with Crippen molar-refractivity contribution in [2.24, 2.45) is 0 Å². The quantitative estimate of drug-likeness (QED) is 0.525. The highest BCUT2D eigenvalue weighted by Crippen LogP contribution is 2.02. The highest BCUT2D eigenvalue weighted by Gasteiger charge is 2.05. The van der Waals surface area contributed by atoms with Crippen molar-refractivity contribution in [3.05, 3.63) is 52.1 Å². The van der Waals surface area contributed by atoms with Crippen molar-refractivity contribution in [1.29, 1.82) is 0 Å². The Balaban J connectivity index is 2.64. The van der Waals surface area contributed by atoms with Gasteiger partial charge in [-0.25, -0.2) is 0 Å². The molecule has 0 fully saturated rings. The van der Waals surface area contributed by atoms with Gasteiger partial charge in [-0.05, 0) is 11.6 Å². The van der Waals surface area contributed by atoms with Crippen LogP contribution in [0.25, 0.3) is 6.08 Å². The van der Waals surface area contributed by atoms with Crippen LogP contribution in [0.2, 0.25) is 0 Å². The molecule has 3 heteroatoms. The van der Waals surface area contributed by atoms with Crippen molar-refractivity contribution in [1.82, 2.24) is 0 Å². The summed E-state index contributed by atoms with van der Waals surface area (Å²) in [5, 5.41) is 10.3. The Morgan fingerprint density at radius 2 is 2.00 bits per heavy atom. The molecule has 1 aromatic carbocycles. The van der Waals surface area contributed by atoms with Crippen LogP contribution in [0.3, 0.4) is 0 Å². The van der Waals surface area contributed by atoms with Crippen molar-refractivity contribution in [3.63, 3.8) is 0 Å². The molecule has 0 bridgehead atoms. The van der Waals surface area contributed by atoms with E-state index >= 15 is 0 Å². The van der Waals surface area contributed by atoms with Gasteiger partial charge >= 0.3 is 0 Å². The summed E-state index contributed by atoms with van der Waals surface area (Å²) < 4.78 is 0. The first-order chi connectivity index (χ1) is 6.20. The van der Waals surface area contributed by atoms with Crippen LogP contribution >= 0.6 is 0 Å². The summed E-state index contributed by atoms with van der Waals surface area (Å²) in [5.41, 5.74) is 0.983. The summed E-state index contributed by atoms with van der Waals surface area (Å²) in [4.78, 5) is 9.95. The standard InChI is InChI=1S/C10H11NO2/c1-9(11(12)13)7-8-10-5-3-2-4-6-10/h2-9H,1H3. The second kappa shape index (κ2) is 4.40. The van der Waals surface area contributed by atoms with Crippen molar-refractivity contribution >= 4 is 6.08 Å². The number of nitro groups is 1. The van der Waals surface area contributed by atoms with Gasteiger partial charge in [-0.2, -0.15) is 0 Å². The van der Waals surface area contributed by atoms with Gasteiger partial charge < -0.3 is 0 Å². The summed E-state index contributed by atoms with van der Waals surface area (Å²) in [6, 6.07) is 8.90. The first kappa shape index (κ1) is 9.45. The first-order valence-electron chi connectivity index (χ1n) is 4.07. The average molecular weight is 177 g/mol. The molecule has 1 rings (SSSR count). The predicted octanol–water partition coefficient (Wildman–Crippen LogP) is 2.37. The molecule has 0 amide bonds.